The normalized spacial score (nSPS) is 10.6. The van der Waals surface area contributed by atoms with Crippen LogP contribution in [-0.4, -0.2) is 36.0 Å². The molecule has 0 saturated heterocycles. The van der Waals surface area contributed by atoms with E-state index in [9.17, 15) is 0 Å². The number of nitrogens with one attached hydrogen (secondary N) is 3. The zero-order valence-electron chi connectivity index (χ0n) is 12.4. The summed E-state index contributed by atoms with van der Waals surface area (Å²) in [7, 11) is 1.95. The van der Waals surface area contributed by atoms with E-state index in [0.717, 1.165) is 42.7 Å². The molecule has 0 saturated carbocycles. The molecule has 0 spiro atoms. The van der Waals surface area contributed by atoms with Gasteiger partial charge in [0.2, 0.25) is 0 Å². The van der Waals surface area contributed by atoms with Crippen LogP contribution in [0, 0.1) is 6.92 Å². The summed E-state index contributed by atoms with van der Waals surface area (Å²) in [4.78, 5) is 5.98. The van der Waals surface area contributed by atoms with Crippen molar-refractivity contribution in [1.29, 1.82) is 0 Å². The van der Waals surface area contributed by atoms with Gasteiger partial charge < -0.3 is 16.0 Å². The van der Waals surface area contributed by atoms with E-state index in [-0.39, 0.29) is 0 Å². The zero-order chi connectivity index (χ0) is 14.8. The van der Waals surface area contributed by atoms with Gasteiger partial charge in [-0.3, -0.25) is 0 Å². The third kappa shape index (κ3) is 6.88. The second-order valence-electron chi connectivity index (χ2n) is 4.38. The molecule has 114 valence electrons. The lowest BCUT2D eigenvalue weighted by Gasteiger charge is -2.08. The predicted molar refractivity (Wildman–Crippen MR) is 94.7 cm³/mol. The van der Waals surface area contributed by atoms with Crippen molar-refractivity contribution >= 4 is 40.4 Å². The molecule has 0 unspecified atom stereocenters. The average Bonchev–Trinajstić information content (AvgIpc) is 2.77. The first-order chi connectivity index (χ1) is 9.67. The number of hydrogen-bond donors (Lipinski definition) is 3. The Hall–Kier alpha value is -0.370. The van der Waals surface area contributed by atoms with E-state index < -0.39 is 0 Å². The minimum absolute atomic E-state index is 0.758. The number of rotatable bonds is 9. The summed E-state index contributed by atoms with van der Waals surface area (Å²) in [6.45, 7) is 6.96. The Labute approximate surface area is 135 Å². The van der Waals surface area contributed by atoms with E-state index in [4.69, 9.17) is 12.2 Å². The van der Waals surface area contributed by atoms with Crippen LogP contribution < -0.4 is 16.0 Å². The number of thiocarbonyl (C=S) groups is 1. The highest BCUT2D eigenvalue weighted by atomic mass is 32.2. The van der Waals surface area contributed by atoms with Gasteiger partial charge in [-0.25, -0.2) is 4.98 Å². The summed E-state index contributed by atoms with van der Waals surface area (Å²) in [5.74, 6) is 2.01. The molecule has 1 heterocycles. The zero-order valence-corrected chi connectivity index (χ0v) is 14.9. The molecule has 3 N–H and O–H groups in total. The van der Waals surface area contributed by atoms with Gasteiger partial charge in [-0.2, -0.15) is 11.8 Å². The lowest BCUT2D eigenvalue weighted by molar-refractivity contribution is 0.806. The van der Waals surface area contributed by atoms with Crippen LogP contribution in [0.3, 0.4) is 0 Å². The maximum atomic E-state index is 5.17. The maximum absolute atomic E-state index is 5.17. The Morgan fingerprint density at radius 1 is 1.35 bits per heavy atom. The van der Waals surface area contributed by atoms with Crippen LogP contribution >= 0.6 is 35.3 Å². The fraction of sp³-hybridized carbons (Fsp3) is 0.692. The van der Waals surface area contributed by atoms with E-state index in [1.807, 2.05) is 18.8 Å². The molecule has 1 rings (SSSR count). The molecule has 0 aliphatic carbocycles. The topological polar surface area (TPSA) is 49.0 Å². The highest BCUT2D eigenvalue weighted by molar-refractivity contribution is 7.98. The summed E-state index contributed by atoms with van der Waals surface area (Å²) in [5.41, 5.74) is 1.22. The van der Waals surface area contributed by atoms with Gasteiger partial charge >= 0.3 is 0 Å². The van der Waals surface area contributed by atoms with Gasteiger partial charge in [0.15, 0.2) is 5.11 Å². The molecule has 20 heavy (non-hydrogen) atoms. The van der Waals surface area contributed by atoms with Crippen LogP contribution in [0.15, 0.2) is 0 Å². The van der Waals surface area contributed by atoms with Crippen molar-refractivity contribution in [3.8, 4) is 0 Å². The monoisotopic (exact) mass is 332 g/mol. The van der Waals surface area contributed by atoms with E-state index >= 15 is 0 Å². The fourth-order valence-corrected chi connectivity index (χ4v) is 3.68. The second kappa shape index (κ2) is 10.4. The van der Waals surface area contributed by atoms with E-state index in [1.54, 1.807) is 11.3 Å². The van der Waals surface area contributed by atoms with Crippen LogP contribution in [0.2, 0.25) is 0 Å². The smallest absolute Gasteiger partial charge is 0.166 e. The SMILES string of the molecule is CCCNC(=S)NCCSCc1nc(CNC)sc1C. The maximum Gasteiger partial charge on any atom is 0.166 e. The van der Waals surface area contributed by atoms with Gasteiger partial charge in [0.05, 0.1) is 5.69 Å². The summed E-state index contributed by atoms with van der Waals surface area (Å²) < 4.78 is 0. The number of nitrogens with zero attached hydrogens (tertiary/aromatic N) is 1. The summed E-state index contributed by atoms with van der Waals surface area (Å²) in [6.07, 6.45) is 1.09. The molecular weight excluding hydrogens is 308 g/mol. The van der Waals surface area contributed by atoms with Crippen molar-refractivity contribution in [2.45, 2.75) is 32.6 Å². The highest BCUT2D eigenvalue weighted by Crippen LogP contribution is 2.21. The van der Waals surface area contributed by atoms with E-state index in [2.05, 4.69) is 34.8 Å². The molecule has 0 fully saturated rings. The van der Waals surface area contributed by atoms with Gasteiger partial charge in [-0.1, -0.05) is 6.92 Å². The first kappa shape index (κ1) is 17.7. The van der Waals surface area contributed by atoms with Crippen LogP contribution in [0.4, 0.5) is 0 Å². The molecule has 0 aromatic carbocycles. The first-order valence-electron chi connectivity index (χ1n) is 6.86. The van der Waals surface area contributed by atoms with Crippen molar-refractivity contribution in [1.82, 2.24) is 20.9 Å². The van der Waals surface area contributed by atoms with Crippen LogP contribution in [0.25, 0.3) is 0 Å². The van der Waals surface area contributed by atoms with Gasteiger partial charge in [-0.05, 0) is 32.6 Å². The molecule has 0 bridgehead atoms. The van der Waals surface area contributed by atoms with Crippen molar-refractivity contribution in [2.75, 3.05) is 25.9 Å². The number of thioether (sulfide) groups is 1. The minimum atomic E-state index is 0.758. The van der Waals surface area contributed by atoms with E-state index in [0.29, 0.717) is 0 Å². The molecule has 0 aliphatic heterocycles. The van der Waals surface area contributed by atoms with Crippen LogP contribution in [-0.2, 0) is 12.3 Å². The molecule has 4 nitrogen and oxygen atoms in total. The van der Waals surface area contributed by atoms with Crippen LogP contribution in [0.5, 0.6) is 0 Å². The predicted octanol–water partition coefficient (Wildman–Crippen LogP) is 2.28. The molecule has 7 heteroatoms. The average molecular weight is 333 g/mol. The fourth-order valence-electron chi connectivity index (χ4n) is 1.56. The quantitative estimate of drug-likeness (QED) is 0.476. The van der Waals surface area contributed by atoms with Crippen molar-refractivity contribution in [2.24, 2.45) is 0 Å². The Morgan fingerprint density at radius 3 is 2.80 bits per heavy atom. The molecule has 1 aromatic heterocycles. The Kier molecular flexibility index (Phi) is 9.17. The third-order valence-electron chi connectivity index (χ3n) is 2.57. The number of thiazole rings is 1. The molecule has 0 radical (unpaired) electrons. The van der Waals surface area contributed by atoms with Gasteiger partial charge in [0.1, 0.15) is 5.01 Å². The Balaban J connectivity index is 2.16. The minimum Gasteiger partial charge on any atom is -0.363 e. The number of hydrogen-bond acceptors (Lipinski definition) is 5. The van der Waals surface area contributed by atoms with Crippen molar-refractivity contribution in [3.63, 3.8) is 0 Å². The largest absolute Gasteiger partial charge is 0.363 e. The van der Waals surface area contributed by atoms with Gasteiger partial charge in [0, 0.05) is 36.0 Å². The lowest BCUT2D eigenvalue weighted by atomic mass is 10.4. The molecule has 0 atom stereocenters. The van der Waals surface area contributed by atoms with E-state index in [1.165, 1.54) is 15.6 Å². The van der Waals surface area contributed by atoms with Crippen molar-refractivity contribution in [3.05, 3.63) is 15.6 Å². The molecule has 0 aliphatic rings. The second-order valence-corrected chi connectivity index (χ2v) is 7.18. The Bertz CT molecular complexity index is 406. The van der Waals surface area contributed by atoms with Gasteiger partial charge in [0.25, 0.3) is 0 Å². The van der Waals surface area contributed by atoms with Crippen molar-refractivity contribution < 1.29 is 0 Å². The standard InChI is InChI=1S/C13H24N4S3/c1-4-5-15-13(18)16-6-7-19-9-11-10(2)20-12(17-11)8-14-3/h14H,4-9H2,1-3H3,(H2,15,16,18). The molecule has 0 amide bonds. The highest BCUT2D eigenvalue weighted by Gasteiger charge is 2.06. The lowest BCUT2D eigenvalue weighted by Crippen LogP contribution is -2.36. The molecular formula is C13H24N4S3. The summed E-state index contributed by atoms with van der Waals surface area (Å²) in [5, 5.41) is 11.4. The Morgan fingerprint density at radius 2 is 2.10 bits per heavy atom. The third-order valence-corrected chi connectivity index (χ3v) is 4.84. The first-order valence-corrected chi connectivity index (χ1v) is 9.24. The number of aromatic nitrogens is 1. The summed E-state index contributed by atoms with van der Waals surface area (Å²) >= 11 is 8.84. The van der Waals surface area contributed by atoms with Gasteiger partial charge in [-0.15, -0.1) is 11.3 Å². The number of aryl methyl sites for hydroxylation is 1. The van der Waals surface area contributed by atoms with Crippen LogP contribution in [0.1, 0.15) is 28.9 Å². The summed E-state index contributed by atoms with van der Waals surface area (Å²) in [6, 6.07) is 0. The molecule has 1 aromatic rings.